The first-order chi connectivity index (χ1) is 7.57. The Kier molecular flexibility index (Phi) is 5.72. The fourth-order valence-corrected chi connectivity index (χ4v) is 3.63. The third kappa shape index (κ3) is 4.80. The summed E-state index contributed by atoms with van der Waals surface area (Å²) >= 11 is 0. The minimum absolute atomic E-state index is 0.316. The highest BCUT2D eigenvalue weighted by molar-refractivity contribution is 7.91. The summed E-state index contributed by atoms with van der Waals surface area (Å²) in [6.07, 6.45) is 2.96. The molecule has 16 heavy (non-hydrogen) atoms. The van der Waals surface area contributed by atoms with Gasteiger partial charge in [-0.1, -0.05) is 6.92 Å². The van der Waals surface area contributed by atoms with Crippen LogP contribution >= 0.6 is 0 Å². The molecule has 1 rings (SSSR count). The molecule has 0 aromatic rings. The number of rotatable bonds is 7. The van der Waals surface area contributed by atoms with E-state index in [1.54, 1.807) is 0 Å². The van der Waals surface area contributed by atoms with Crippen molar-refractivity contribution in [2.24, 2.45) is 11.7 Å². The molecule has 1 aliphatic rings. The third-order valence-electron chi connectivity index (χ3n) is 3.18. The molecule has 1 unspecified atom stereocenters. The molecule has 0 amide bonds. The van der Waals surface area contributed by atoms with Crippen LogP contribution in [-0.4, -0.2) is 51.0 Å². The Morgan fingerprint density at radius 2 is 2.12 bits per heavy atom. The van der Waals surface area contributed by atoms with Gasteiger partial charge in [-0.25, -0.2) is 8.42 Å². The van der Waals surface area contributed by atoms with Gasteiger partial charge in [0.2, 0.25) is 0 Å². The molecular weight excluding hydrogens is 224 g/mol. The van der Waals surface area contributed by atoms with Gasteiger partial charge in [-0.05, 0) is 38.3 Å². The van der Waals surface area contributed by atoms with Crippen LogP contribution in [0.15, 0.2) is 0 Å². The van der Waals surface area contributed by atoms with Crippen LogP contribution in [0.4, 0.5) is 0 Å². The molecule has 0 spiro atoms. The molecule has 0 saturated carbocycles. The minimum Gasteiger partial charge on any atom is -0.330 e. The van der Waals surface area contributed by atoms with Gasteiger partial charge in [0.05, 0.1) is 5.75 Å². The first-order valence-electron chi connectivity index (χ1n) is 6.20. The summed E-state index contributed by atoms with van der Waals surface area (Å²) in [5.41, 5.74) is 5.52. The summed E-state index contributed by atoms with van der Waals surface area (Å²) in [5.74, 6) is 1.32. The molecular formula is C11H24N2O2S. The zero-order chi connectivity index (χ0) is 12.0. The van der Waals surface area contributed by atoms with Gasteiger partial charge in [-0.3, -0.25) is 0 Å². The summed E-state index contributed by atoms with van der Waals surface area (Å²) in [6, 6.07) is 0. The van der Waals surface area contributed by atoms with Gasteiger partial charge in [0.1, 0.15) is 0 Å². The van der Waals surface area contributed by atoms with Crippen molar-refractivity contribution in [3.63, 3.8) is 0 Å². The van der Waals surface area contributed by atoms with Gasteiger partial charge >= 0.3 is 0 Å². The van der Waals surface area contributed by atoms with Crippen molar-refractivity contribution in [1.29, 1.82) is 0 Å². The lowest BCUT2D eigenvalue weighted by Gasteiger charge is -2.15. The van der Waals surface area contributed by atoms with Crippen molar-refractivity contribution in [1.82, 2.24) is 4.90 Å². The highest BCUT2D eigenvalue weighted by atomic mass is 32.2. The predicted octanol–water partition coefficient (Wildman–Crippen LogP) is 0.482. The van der Waals surface area contributed by atoms with Gasteiger partial charge in [-0.2, -0.15) is 0 Å². The first-order valence-corrected chi connectivity index (χ1v) is 8.02. The Morgan fingerprint density at radius 1 is 1.38 bits per heavy atom. The van der Waals surface area contributed by atoms with Crippen molar-refractivity contribution in [2.75, 3.05) is 37.7 Å². The lowest BCUT2D eigenvalue weighted by molar-refractivity contribution is 0.339. The molecule has 1 aliphatic heterocycles. The van der Waals surface area contributed by atoms with Crippen LogP contribution < -0.4 is 5.73 Å². The molecule has 0 aromatic carbocycles. The van der Waals surface area contributed by atoms with E-state index in [4.69, 9.17) is 5.73 Å². The number of hydrogen-bond donors (Lipinski definition) is 1. The summed E-state index contributed by atoms with van der Waals surface area (Å²) in [5, 5.41) is 0. The van der Waals surface area contributed by atoms with Gasteiger partial charge < -0.3 is 10.6 Å². The van der Waals surface area contributed by atoms with Gasteiger partial charge in [0.25, 0.3) is 0 Å². The van der Waals surface area contributed by atoms with E-state index in [1.807, 2.05) is 6.92 Å². The van der Waals surface area contributed by atoms with E-state index in [0.29, 0.717) is 24.0 Å². The minimum atomic E-state index is -2.82. The molecule has 0 bridgehead atoms. The maximum Gasteiger partial charge on any atom is 0.151 e. The van der Waals surface area contributed by atoms with Crippen molar-refractivity contribution in [3.05, 3.63) is 0 Å². The molecule has 0 radical (unpaired) electrons. The number of sulfone groups is 1. The Balaban J connectivity index is 2.25. The highest BCUT2D eigenvalue weighted by Gasteiger charge is 2.22. The topological polar surface area (TPSA) is 63.4 Å². The van der Waals surface area contributed by atoms with Crippen LogP contribution in [-0.2, 0) is 9.84 Å². The number of nitrogens with zero attached hydrogens (tertiary/aromatic N) is 1. The Bertz CT molecular complexity index is 290. The number of likely N-dealkylation sites (tertiary alicyclic amines) is 1. The van der Waals surface area contributed by atoms with Gasteiger partial charge in [0.15, 0.2) is 9.84 Å². The second-order valence-electron chi connectivity index (χ2n) is 4.68. The fraction of sp³-hybridized carbons (Fsp3) is 1.00. The van der Waals surface area contributed by atoms with Crippen LogP contribution in [0.25, 0.3) is 0 Å². The van der Waals surface area contributed by atoms with Gasteiger partial charge in [0, 0.05) is 18.8 Å². The molecule has 2 N–H and O–H groups in total. The lowest BCUT2D eigenvalue weighted by atomic mass is 10.1. The predicted molar refractivity (Wildman–Crippen MR) is 67.2 cm³/mol. The van der Waals surface area contributed by atoms with Gasteiger partial charge in [-0.15, -0.1) is 0 Å². The largest absolute Gasteiger partial charge is 0.330 e. The summed E-state index contributed by atoms with van der Waals surface area (Å²) < 4.78 is 23.1. The van der Waals surface area contributed by atoms with Crippen molar-refractivity contribution < 1.29 is 8.42 Å². The monoisotopic (exact) mass is 248 g/mol. The van der Waals surface area contributed by atoms with E-state index in [-0.39, 0.29) is 0 Å². The van der Waals surface area contributed by atoms with Crippen LogP contribution in [0, 0.1) is 5.92 Å². The fourth-order valence-electron chi connectivity index (χ4n) is 2.27. The summed E-state index contributed by atoms with van der Waals surface area (Å²) in [6.45, 7) is 5.41. The van der Waals surface area contributed by atoms with Crippen molar-refractivity contribution in [3.8, 4) is 0 Å². The van der Waals surface area contributed by atoms with E-state index in [1.165, 1.54) is 6.42 Å². The van der Waals surface area contributed by atoms with Crippen LogP contribution in [0.5, 0.6) is 0 Å². The van der Waals surface area contributed by atoms with E-state index < -0.39 is 9.84 Å². The Morgan fingerprint density at radius 3 is 2.75 bits per heavy atom. The van der Waals surface area contributed by atoms with E-state index in [2.05, 4.69) is 4.90 Å². The third-order valence-corrected chi connectivity index (χ3v) is 5.01. The highest BCUT2D eigenvalue weighted by Crippen LogP contribution is 2.18. The standard InChI is InChI=1S/C11H24N2O2S/c1-2-8-16(14,15)9-7-13-6-4-11(10-13)3-5-12/h11H,2-10,12H2,1H3. The second kappa shape index (κ2) is 6.57. The summed E-state index contributed by atoms with van der Waals surface area (Å²) in [4.78, 5) is 2.26. The van der Waals surface area contributed by atoms with E-state index in [9.17, 15) is 8.42 Å². The molecule has 96 valence electrons. The van der Waals surface area contributed by atoms with Crippen molar-refractivity contribution in [2.45, 2.75) is 26.2 Å². The zero-order valence-electron chi connectivity index (χ0n) is 10.2. The Hall–Kier alpha value is -0.130. The lowest BCUT2D eigenvalue weighted by Crippen LogP contribution is -2.28. The number of hydrogen-bond acceptors (Lipinski definition) is 4. The molecule has 0 aromatic heterocycles. The van der Waals surface area contributed by atoms with Crippen LogP contribution in [0.1, 0.15) is 26.2 Å². The second-order valence-corrected chi connectivity index (χ2v) is 6.99. The zero-order valence-corrected chi connectivity index (χ0v) is 11.0. The maximum absolute atomic E-state index is 11.5. The Labute approximate surface area is 99.1 Å². The smallest absolute Gasteiger partial charge is 0.151 e. The summed E-state index contributed by atoms with van der Waals surface area (Å²) in [7, 11) is -2.82. The molecule has 5 heteroatoms. The van der Waals surface area contributed by atoms with E-state index in [0.717, 1.165) is 32.5 Å². The van der Waals surface area contributed by atoms with Crippen LogP contribution in [0.2, 0.25) is 0 Å². The normalized spacial score (nSPS) is 22.8. The molecule has 1 fully saturated rings. The van der Waals surface area contributed by atoms with Crippen LogP contribution in [0.3, 0.4) is 0 Å². The average Bonchev–Trinajstić information content (AvgIpc) is 2.64. The number of nitrogens with two attached hydrogens (primary N) is 1. The maximum atomic E-state index is 11.5. The molecule has 1 saturated heterocycles. The molecule has 1 heterocycles. The molecule has 4 nitrogen and oxygen atoms in total. The first kappa shape index (κ1) is 13.9. The average molecular weight is 248 g/mol. The quantitative estimate of drug-likeness (QED) is 0.712. The van der Waals surface area contributed by atoms with E-state index >= 15 is 0 Å². The van der Waals surface area contributed by atoms with Crippen molar-refractivity contribution >= 4 is 9.84 Å². The SMILES string of the molecule is CCCS(=O)(=O)CCN1CCC(CCN)C1. The molecule has 1 atom stereocenters. The molecule has 0 aliphatic carbocycles.